The van der Waals surface area contributed by atoms with Gasteiger partial charge in [-0.15, -0.1) is 0 Å². The monoisotopic (exact) mass is 333 g/mol. The first-order valence-corrected chi connectivity index (χ1v) is 8.19. The second-order valence-corrected chi connectivity index (χ2v) is 6.86. The number of allylic oxidation sites excluding steroid dienone is 2. The molecule has 4 aliphatic rings. The Bertz CT molecular complexity index is 630. The molecule has 2 aliphatic carbocycles. The summed E-state index contributed by atoms with van der Waals surface area (Å²) in [6, 6.07) is 0. The van der Waals surface area contributed by atoms with Crippen molar-refractivity contribution in [2.75, 3.05) is 26.2 Å². The van der Waals surface area contributed by atoms with Crippen molar-refractivity contribution < 1.29 is 23.9 Å². The first-order valence-electron chi connectivity index (χ1n) is 8.19. The van der Waals surface area contributed by atoms with Crippen LogP contribution in [0, 0.1) is 23.7 Å². The van der Waals surface area contributed by atoms with Gasteiger partial charge in [-0.05, 0) is 18.3 Å². The van der Waals surface area contributed by atoms with Crippen LogP contribution in [0.25, 0.3) is 0 Å². The highest BCUT2D eigenvalue weighted by atomic mass is 16.5. The number of likely N-dealkylation sites (tertiary alicyclic amines) is 1. The van der Waals surface area contributed by atoms with Crippen molar-refractivity contribution in [3.05, 3.63) is 12.2 Å². The third-order valence-electron chi connectivity index (χ3n) is 5.59. The molecular weight excluding hydrogens is 314 g/mol. The smallest absolute Gasteiger partial charge is 0.248 e. The van der Waals surface area contributed by atoms with Gasteiger partial charge in [-0.1, -0.05) is 12.2 Å². The van der Waals surface area contributed by atoms with Crippen LogP contribution in [0.15, 0.2) is 12.2 Å². The van der Waals surface area contributed by atoms with E-state index in [4.69, 9.17) is 10.5 Å². The summed E-state index contributed by atoms with van der Waals surface area (Å²) in [6.45, 7) is 0.318. The molecule has 2 saturated heterocycles. The predicted molar refractivity (Wildman–Crippen MR) is 80.0 cm³/mol. The molecule has 0 spiro atoms. The highest BCUT2D eigenvalue weighted by Gasteiger charge is 2.59. The molecule has 0 radical (unpaired) electrons. The van der Waals surface area contributed by atoms with Gasteiger partial charge in [-0.25, -0.2) is 0 Å². The van der Waals surface area contributed by atoms with Gasteiger partial charge in [0.15, 0.2) is 6.10 Å². The minimum atomic E-state index is -0.841. The molecule has 3 fully saturated rings. The molecule has 1 saturated carbocycles. The molecule has 2 heterocycles. The van der Waals surface area contributed by atoms with Gasteiger partial charge in [0, 0.05) is 6.54 Å². The van der Waals surface area contributed by atoms with E-state index in [2.05, 4.69) is 0 Å². The Hall–Kier alpha value is -2.22. The van der Waals surface area contributed by atoms with Gasteiger partial charge in [0.2, 0.25) is 23.6 Å². The number of nitrogens with two attached hydrogens (primary N) is 1. The zero-order valence-electron chi connectivity index (χ0n) is 13.1. The molecule has 5 unspecified atom stereocenters. The topological polar surface area (TPSA) is 110 Å². The molecule has 24 heavy (non-hydrogen) atoms. The number of morpholine rings is 1. The maximum Gasteiger partial charge on any atom is 0.248 e. The number of fused-ring (bicyclic) bond motifs is 5. The molecule has 2 bridgehead atoms. The first-order chi connectivity index (χ1) is 11.5. The van der Waals surface area contributed by atoms with E-state index in [9.17, 15) is 19.2 Å². The number of primary amides is 1. The lowest BCUT2D eigenvalue weighted by Crippen LogP contribution is -2.53. The lowest BCUT2D eigenvalue weighted by molar-refractivity contribution is -0.152. The summed E-state index contributed by atoms with van der Waals surface area (Å²) in [5, 5.41) is 0. The minimum absolute atomic E-state index is 0.0596. The second kappa shape index (κ2) is 5.41. The highest BCUT2D eigenvalue weighted by molar-refractivity contribution is 6.08. The number of rotatable bonds is 3. The van der Waals surface area contributed by atoms with Crippen LogP contribution in [0.4, 0.5) is 0 Å². The summed E-state index contributed by atoms with van der Waals surface area (Å²) < 4.78 is 5.20. The van der Waals surface area contributed by atoms with Crippen LogP contribution in [0.1, 0.15) is 6.42 Å². The van der Waals surface area contributed by atoms with E-state index >= 15 is 0 Å². The maximum atomic E-state index is 12.6. The van der Waals surface area contributed by atoms with Crippen LogP contribution in [-0.2, 0) is 23.9 Å². The van der Waals surface area contributed by atoms with E-state index in [-0.39, 0.29) is 61.1 Å². The lowest BCUT2D eigenvalue weighted by Gasteiger charge is -2.32. The van der Waals surface area contributed by atoms with Gasteiger partial charge in [0.05, 0.1) is 25.0 Å². The molecule has 128 valence electrons. The van der Waals surface area contributed by atoms with Crippen LogP contribution in [0.3, 0.4) is 0 Å². The fourth-order valence-electron chi connectivity index (χ4n) is 4.40. The standard InChI is InChI=1S/C16H19N3O5/c17-14(21)10-6-18(3-4-24-10)11(20)7-19-15(22)12-8-1-2-9(5-8)13(12)16(19)23/h1-2,8-10,12-13H,3-7H2,(H2,17,21). The summed E-state index contributed by atoms with van der Waals surface area (Å²) in [6.07, 6.45) is 4.05. The molecule has 0 aromatic rings. The molecule has 8 heteroatoms. The largest absolute Gasteiger partial charge is 0.367 e. The van der Waals surface area contributed by atoms with Gasteiger partial charge in [-0.3, -0.25) is 24.1 Å². The molecule has 0 aromatic carbocycles. The Morgan fingerprint density at radius 3 is 2.38 bits per heavy atom. The highest BCUT2D eigenvalue weighted by Crippen LogP contribution is 2.52. The predicted octanol–water partition coefficient (Wildman–Crippen LogP) is -1.49. The summed E-state index contributed by atoms with van der Waals surface area (Å²) >= 11 is 0. The molecule has 2 N–H and O–H groups in total. The fraction of sp³-hybridized carbons (Fsp3) is 0.625. The third-order valence-corrected chi connectivity index (χ3v) is 5.59. The van der Waals surface area contributed by atoms with E-state index in [1.165, 1.54) is 4.90 Å². The number of nitrogens with zero attached hydrogens (tertiary/aromatic N) is 2. The van der Waals surface area contributed by atoms with E-state index in [0.717, 1.165) is 11.3 Å². The number of imide groups is 1. The summed E-state index contributed by atoms with van der Waals surface area (Å²) in [4.78, 5) is 51.4. The SMILES string of the molecule is NC(=O)C1CN(C(=O)CN2C(=O)C3C4C=CC(C4)C3C2=O)CCO1. The summed E-state index contributed by atoms with van der Waals surface area (Å²) in [7, 11) is 0. The van der Waals surface area contributed by atoms with E-state index < -0.39 is 12.0 Å². The van der Waals surface area contributed by atoms with Gasteiger partial charge < -0.3 is 15.4 Å². The Balaban J connectivity index is 1.44. The number of ether oxygens (including phenoxy) is 1. The lowest BCUT2D eigenvalue weighted by atomic mass is 9.85. The zero-order valence-corrected chi connectivity index (χ0v) is 13.1. The molecule has 2 aliphatic heterocycles. The van der Waals surface area contributed by atoms with E-state index in [0.29, 0.717) is 6.54 Å². The Labute approximate surface area is 138 Å². The molecule has 4 rings (SSSR count). The minimum Gasteiger partial charge on any atom is -0.367 e. The van der Waals surface area contributed by atoms with Crippen molar-refractivity contribution in [3.63, 3.8) is 0 Å². The second-order valence-electron chi connectivity index (χ2n) is 6.86. The summed E-state index contributed by atoms with van der Waals surface area (Å²) in [5.74, 6) is -1.82. The molecule has 4 amide bonds. The molecular formula is C16H19N3O5. The number of amides is 4. The molecule has 8 nitrogen and oxygen atoms in total. The van der Waals surface area contributed by atoms with Crippen molar-refractivity contribution >= 4 is 23.6 Å². The Kier molecular flexibility index (Phi) is 3.45. The maximum absolute atomic E-state index is 12.6. The van der Waals surface area contributed by atoms with E-state index in [1.54, 1.807) is 0 Å². The third kappa shape index (κ3) is 2.16. The molecule has 5 atom stereocenters. The van der Waals surface area contributed by atoms with Gasteiger partial charge in [-0.2, -0.15) is 0 Å². The number of carbonyl (C=O) groups excluding carboxylic acids is 4. The average molecular weight is 333 g/mol. The quantitative estimate of drug-likeness (QED) is 0.500. The van der Waals surface area contributed by atoms with Gasteiger partial charge in [0.1, 0.15) is 6.54 Å². The fourth-order valence-corrected chi connectivity index (χ4v) is 4.40. The van der Waals surface area contributed by atoms with Crippen molar-refractivity contribution in [2.45, 2.75) is 12.5 Å². The molecule has 0 aromatic heterocycles. The Morgan fingerprint density at radius 1 is 1.17 bits per heavy atom. The zero-order chi connectivity index (χ0) is 17.0. The van der Waals surface area contributed by atoms with Crippen LogP contribution in [-0.4, -0.2) is 65.8 Å². The number of carbonyl (C=O) groups is 4. The Morgan fingerprint density at radius 2 is 1.79 bits per heavy atom. The van der Waals surface area contributed by atoms with Crippen molar-refractivity contribution in [1.29, 1.82) is 0 Å². The van der Waals surface area contributed by atoms with Crippen molar-refractivity contribution in [3.8, 4) is 0 Å². The van der Waals surface area contributed by atoms with Crippen molar-refractivity contribution in [2.24, 2.45) is 29.4 Å². The van der Waals surface area contributed by atoms with Crippen LogP contribution >= 0.6 is 0 Å². The number of hydrogen-bond donors (Lipinski definition) is 1. The van der Waals surface area contributed by atoms with Crippen molar-refractivity contribution in [1.82, 2.24) is 9.80 Å². The van der Waals surface area contributed by atoms with Crippen LogP contribution in [0.5, 0.6) is 0 Å². The van der Waals surface area contributed by atoms with Crippen LogP contribution < -0.4 is 5.73 Å². The normalized spacial score (nSPS) is 37.2. The number of hydrogen-bond acceptors (Lipinski definition) is 5. The summed E-state index contributed by atoms with van der Waals surface area (Å²) in [5.41, 5.74) is 5.21. The van der Waals surface area contributed by atoms with Crippen LogP contribution in [0.2, 0.25) is 0 Å². The van der Waals surface area contributed by atoms with Gasteiger partial charge >= 0.3 is 0 Å². The van der Waals surface area contributed by atoms with Gasteiger partial charge in [0.25, 0.3) is 0 Å². The van der Waals surface area contributed by atoms with E-state index in [1.807, 2.05) is 12.2 Å². The first kappa shape index (κ1) is 15.3. The average Bonchev–Trinajstić information content (AvgIpc) is 3.24.